The molecule has 2 fully saturated rings. The first-order valence-corrected chi connectivity index (χ1v) is 10.4. The molecule has 6 heteroatoms. The molecule has 2 aliphatic heterocycles. The van der Waals surface area contributed by atoms with Gasteiger partial charge in [-0.25, -0.2) is 4.98 Å². The van der Waals surface area contributed by atoms with Crippen LogP contribution in [-0.4, -0.2) is 61.7 Å². The van der Waals surface area contributed by atoms with Crippen LogP contribution in [0.15, 0.2) is 30.5 Å². The molecule has 1 unspecified atom stereocenters. The van der Waals surface area contributed by atoms with Gasteiger partial charge in [0.1, 0.15) is 5.82 Å². The SMILES string of the molecule is Cc1cc(N2CCN(Cc3cccnc3N(C)C)CC2)cc(C2CCCN2)n1. The topological polar surface area (TPSA) is 47.5 Å². The molecule has 1 atom stereocenters. The van der Waals surface area contributed by atoms with Crippen molar-refractivity contribution in [2.75, 3.05) is 56.6 Å². The van der Waals surface area contributed by atoms with Gasteiger partial charge in [0.2, 0.25) is 0 Å². The van der Waals surface area contributed by atoms with Gasteiger partial charge in [0, 0.05) is 76.0 Å². The smallest absolute Gasteiger partial charge is 0.132 e. The van der Waals surface area contributed by atoms with Crippen LogP contribution in [0.4, 0.5) is 11.5 Å². The van der Waals surface area contributed by atoms with Crippen LogP contribution in [0.5, 0.6) is 0 Å². The van der Waals surface area contributed by atoms with E-state index in [0.29, 0.717) is 6.04 Å². The van der Waals surface area contributed by atoms with E-state index in [9.17, 15) is 0 Å². The first-order chi connectivity index (χ1) is 13.6. The average Bonchev–Trinajstić information content (AvgIpc) is 3.23. The summed E-state index contributed by atoms with van der Waals surface area (Å²) in [5.41, 5.74) is 4.96. The van der Waals surface area contributed by atoms with Gasteiger partial charge in [0.25, 0.3) is 0 Å². The number of hydrogen-bond acceptors (Lipinski definition) is 6. The fourth-order valence-corrected chi connectivity index (χ4v) is 4.33. The van der Waals surface area contributed by atoms with Crippen molar-refractivity contribution < 1.29 is 0 Å². The van der Waals surface area contributed by atoms with Crippen LogP contribution in [0.3, 0.4) is 0 Å². The molecule has 4 rings (SSSR count). The van der Waals surface area contributed by atoms with Crippen molar-refractivity contribution in [3.8, 4) is 0 Å². The Balaban J connectivity index is 1.41. The molecule has 6 nitrogen and oxygen atoms in total. The van der Waals surface area contributed by atoms with Crippen molar-refractivity contribution in [1.82, 2.24) is 20.2 Å². The number of hydrogen-bond donors (Lipinski definition) is 1. The molecular formula is C22H32N6. The molecule has 2 aliphatic rings. The fraction of sp³-hybridized carbons (Fsp3) is 0.545. The molecule has 0 aliphatic carbocycles. The number of anilines is 2. The van der Waals surface area contributed by atoms with Crippen LogP contribution >= 0.6 is 0 Å². The Morgan fingerprint density at radius 3 is 2.71 bits per heavy atom. The maximum atomic E-state index is 4.80. The van der Waals surface area contributed by atoms with E-state index in [1.54, 1.807) is 0 Å². The second kappa shape index (κ2) is 8.45. The molecule has 2 aromatic heterocycles. The summed E-state index contributed by atoms with van der Waals surface area (Å²) in [6.07, 6.45) is 4.32. The van der Waals surface area contributed by atoms with E-state index < -0.39 is 0 Å². The quantitative estimate of drug-likeness (QED) is 0.860. The Morgan fingerprint density at radius 2 is 2.00 bits per heavy atom. The third kappa shape index (κ3) is 4.28. The minimum absolute atomic E-state index is 0.426. The van der Waals surface area contributed by atoms with E-state index in [1.165, 1.54) is 29.8 Å². The predicted molar refractivity (Wildman–Crippen MR) is 115 cm³/mol. The summed E-state index contributed by atoms with van der Waals surface area (Å²) in [4.78, 5) is 16.5. The van der Waals surface area contributed by atoms with Gasteiger partial charge >= 0.3 is 0 Å². The number of nitrogens with one attached hydrogen (secondary N) is 1. The number of aromatic nitrogens is 2. The van der Waals surface area contributed by atoms with Gasteiger partial charge in [-0.15, -0.1) is 0 Å². The lowest BCUT2D eigenvalue weighted by Gasteiger charge is -2.36. The molecule has 1 N–H and O–H groups in total. The molecule has 28 heavy (non-hydrogen) atoms. The molecule has 0 amide bonds. The van der Waals surface area contributed by atoms with Crippen molar-refractivity contribution in [3.63, 3.8) is 0 Å². The van der Waals surface area contributed by atoms with Crippen molar-refractivity contribution in [2.24, 2.45) is 0 Å². The zero-order chi connectivity index (χ0) is 19.5. The Morgan fingerprint density at radius 1 is 1.18 bits per heavy atom. The van der Waals surface area contributed by atoms with Gasteiger partial charge in [0.05, 0.1) is 5.69 Å². The van der Waals surface area contributed by atoms with E-state index in [4.69, 9.17) is 4.98 Å². The number of piperazine rings is 1. The van der Waals surface area contributed by atoms with Gasteiger partial charge < -0.3 is 15.1 Å². The fourth-order valence-electron chi connectivity index (χ4n) is 4.33. The minimum atomic E-state index is 0.426. The summed E-state index contributed by atoms with van der Waals surface area (Å²) in [6, 6.07) is 9.20. The molecule has 0 saturated carbocycles. The Labute approximate surface area is 168 Å². The Hall–Kier alpha value is -2.18. The average molecular weight is 381 g/mol. The summed E-state index contributed by atoms with van der Waals surface area (Å²) in [5.74, 6) is 1.07. The van der Waals surface area contributed by atoms with E-state index in [0.717, 1.165) is 50.8 Å². The molecule has 4 heterocycles. The van der Waals surface area contributed by atoms with Crippen molar-refractivity contribution in [3.05, 3.63) is 47.4 Å². The second-order valence-corrected chi connectivity index (χ2v) is 8.18. The van der Waals surface area contributed by atoms with Crippen molar-refractivity contribution >= 4 is 11.5 Å². The minimum Gasteiger partial charge on any atom is -0.369 e. The lowest BCUT2D eigenvalue weighted by atomic mass is 10.1. The van der Waals surface area contributed by atoms with Crippen molar-refractivity contribution in [1.29, 1.82) is 0 Å². The third-order valence-corrected chi connectivity index (χ3v) is 5.80. The van der Waals surface area contributed by atoms with Gasteiger partial charge in [-0.2, -0.15) is 0 Å². The molecule has 0 bridgehead atoms. The lowest BCUT2D eigenvalue weighted by Crippen LogP contribution is -2.46. The zero-order valence-corrected chi connectivity index (χ0v) is 17.4. The van der Waals surface area contributed by atoms with Crippen LogP contribution in [0.2, 0.25) is 0 Å². The summed E-state index contributed by atoms with van der Waals surface area (Å²) in [5, 5.41) is 3.58. The first-order valence-electron chi connectivity index (χ1n) is 10.4. The Bertz CT molecular complexity index is 791. The summed E-state index contributed by atoms with van der Waals surface area (Å²) in [6.45, 7) is 8.43. The van der Waals surface area contributed by atoms with Crippen LogP contribution in [0, 0.1) is 6.92 Å². The number of rotatable bonds is 5. The zero-order valence-electron chi connectivity index (χ0n) is 17.4. The van der Waals surface area contributed by atoms with Crippen LogP contribution < -0.4 is 15.1 Å². The molecule has 150 valence electrons. The number of nitrogens with zero attached hydrogens (tertiary/aromatic N) is 5. The van der Waals surface area contributed by atoms with Crippen molar-refractivity contribution in [2.45, 2.75) is 32.4 Å². The summed E-state index contributed by atoms with van der Waals surface area (Å²) < 4.78 is 0. The van der Waals surface area contributed by atoms with E-state index in [2.05, 4.69) is 64.2 Å². The normalized spacial score (nSPS) is 20.5. The van der Waals surface area contributed by atoms with Gasteiger partial charge in [-0.1, -0.05) is 6.07 Å². The molecule has 0 radical (unpaired) electrons. The summed E-state index contributed by atoms with van der Waals surface area (Å²) in [7, 11) is 4.12. The van der Waals surface area contributed by atoms with Crippen LogP contribution in [0.25, 0.3) is 0 Å². The van der Waals surface area contributed by atoms with Crippen LogP contribution in [-0.2, 0) is 6.54 Å². The third-order valence-electron chi connectivity index (χ3n) is 5.80. The van der Waals surface area contributed by atoms with E-state index >= 15 is 0 Å². The van der Waals surface area contributed by atoms with E-state index in [1.807, 2.05) is 12.3 Å². The molecular weight excluding hydrogens is 348 g/mol. The van der Waals surface area contributed by atoms with Gasteiger partial charge in [-0.3, -0.25) is 9.88 Å². The highest BCUT2D eigenvalue weighted by Gasteiger charge is 2.22. The summed E-state index contributed by atoms with van der Waals surface area (Å²) >= 11 is 0. The number of aryl methyl sites for hydroxylation is 1. The highest BCUT2D eigenvalue weighted by atomic mass is 15.3. The second-order valence-electron chi connectivity index (χ2n) is 8.18. The Kier molecular flexibility index (Phi) is 5.78. The molecule has 0 spiro atoms. The maximum Gasteiger partial charge on any atom is 0.132 e. The first kappa shape index (κ1) is 19.2. The van der Waals surface area contributed by atoms with E-state index in [-0.39, 0.29) is 0 Å². The lowest BCUT2D eigenvalue weighted by molar-refractivity contribution is 0.250. The van der Waals surface area contributed by atoms with Crippen LogP contribution in [0.1, 0.15) is 35.8 Å². The van der Waals surface area contributed by atoms with Gasteiger partial charge in [-0.05, 0) is 44.5 Å². The molecule has 2 saturated heterocycles. The largest absolute Gasteiger partial charge is 0.369 e. The monoisotopic (exact) mass is 380 g/mol. The maximum absolute atomic E-state index is 4.80. The van der Waals surface area contributed by atoms with Gasteiger partial charge in [0.15, 0.2) is 0 Å². The number of pyridine rings is 2. The molecule has 0 aromatic carbocycles. The molecule has 2 aromatic rings. The predicted octanol–water partition coefficient (Wildman–Crippen LogP) is 2.60. The standard InChI is InChI=1S/C22H32N6/c1-17-14-19(15-21(25-17)20-7-5-8-23-20)28-12-10-27(11-13-28)16-18-6-4-9-24-22(18)26(2)3/h4,6,9,14-15,20,23H,5,7-8,10-13,16H2,1-3H3. The highest BCUT2D eigenvalue weighted by Crippen LogP contribution is 2.27. The highest BCUT2D eigenvalue weighted by molar-refractivity contribution is 5.50.